The SMILES string of the molecule is CCCCBr.CCOC(C)=O. The van der Waals surface area contributed by atoms with Gasteiger partial charge in [-0.3, -0.25) is 4.79 Å². The van der Waals surface area contributed by atoms with Crippen LogP contribution in [0.4, 0.5) is 0 Å². The van der Waals surface area contributed by atoms with Crippen LogP contribution in [0.25, 0.3) is 0 Å². The number of unbranched alkanes of at least 4 members (excludes halogenated alkanes) is 1. The predicted molar refractivity (Wildman–Crippen MR) is 51.0 cm³/mol. The summed E-state index contributed by atoms with van der Waals surface area (Å²) in [5.41, 5.74) is 0. The lowest BCUT2D eigenvalue weighted by Crippen LogP contribution is -1.95. The molecule has 0 radical (unpaired) electrons. The molecule has 0 aliphatic heterocycles. The van der Waals surface area contributed by atoms with Crippen LogP contribution < -0.4 is 0 Å². The summed E-state index contributed by atoms with van der Waals surface area (Å²) in [7, 11) is 0. The normalized spacial score (nSPS) is 8.00. The highest BCUT2D eigenvalue weighted by molar-refractivity contribution is 9.09. The van der Waals surface area contributed by atoms with Gasteiger partial charge in [-0.15, -0.1) is 0 Å². The molecule has 0 atom stereocenters. The van der Waals surface area contributed by atoms with E-state index in [1.54, 1.807) is 6.92 Å². The van der Waals surface area contributed by atoms with Crippen molar-refractivity contribution in [2.24, 2.45) is 0 Å². The highest BCUT2D eigenvalue weighted by Gasteiger charge is 1.81. The molecule has 0 N–H and O–H groups in total. The van der Waals surface area contributed by atoms with Gasteiger partial charge in [-0.2, -0.15) is 0 Å². The molecule has 0 aromatic heterocycles. The predicted octanol–water partition coefficient (Wildman–Crippen LogP) is 2.75. The van der Waals surface area contributed by atoms with Crippen LogP contribution in [0.2, 0.25) is 0 Å². The molecule has 0 amide bonds. The molecular formula is C8H17BrO2. The van der Waals surface area contributed by atoms with Crippen molar-refractivity contribution in [2.45, 2.75) is 33.6 Å². The van der Waals surface area contributed by atoms with E-state index >= 15 is 0 Å². The number of rotatable bonds is 3. The fourth-order valence-corrected chi connectivity index (χ4v) is 0.898. The first kappa shape index (κ1) is 13.5. The maximum atomic E-state index is 9.82. The van der Waals surface area contributed by atoms with E-state index in [2.05, 4.69) is 27.6 Å². The Morgan fingerprint density at radius 3 is 2.00 bits per heavy atom. The largest absolute Gasteiger partial charge is 0.466 e. The number of hydrogen-bond donors (Lipinski definition) is 0. The van der Waals surface area contributed by atoms with Crippen molar-refractivity contribution >= 4 is 21.9 Å². The van der Waals surface area contributed by atoms with E-state index in [0.29, 0.717) is 6.61 Å². The van der Waals surface area contributed by atoms with E-state index in [4.69, 9.17) is 0 Å². The zero-order chi connectivity index (χ0) is 9.11. The lowest BCUT2D eigenvalue weighted by molar-refractivity contribution is -0.140. The summed E-state index contributed by atoms with van der Waals surface area (Å²) in [5.74, 6) is -0.211. The minimum Gasteiger partial charge on any atom is -0.466 e. The fourth-order valence-electron chi connectivity index (χ4n) is 0.337. The maximum Gasteiger partial charge on any atom is 0.302 e. The minimum atomic E-state index is -0.211. The fraction of sp³-hybridized carbons (Fsp3) is 0.875. The molecule has 2 nitrogen and oxygen atoms in total. The molecule has 0 saturated carbocycles. The van der Waals surface area contributed by atoms with Gasteiger partial charge >= 0.3 is 5.97 Å². The van der Waals surface area contributed by atoms with E-state index < -0.39 is 0 Å². The maximum absolute atomic E-state index is 9.82. The third-order valence-electron chi connectivity index (χ3n) is 0.835. The Balaban J connectivity index is 0. The zero-order valence-corrected chi connectivity index (χ0v) is 9.11. The molecule has 0 unspecified atom stereocenters. The van der Waals surface area contributed by atoms with Gasteiger partial charge < -0.3 is 4.74 Å². The Bertz CT molecular complexity index is 82.2. The average molecular weight is 225 g/mol. The molecule has 0 fully saturated rings. The Morgan fingerprint density at radius 1 is 1.45 bits per heavy atom. The van der Waals surface area contributed by atoms with Gasteiger partial charge in [0.05, 0.1) is 6.61 Å². The second-order valence-electron chi connectivity index (χ2n) is 1.97. The zero-order valence-electron chi connectivity index (χ0n) is 7.52. The molecule has 0 spiro atoms. The smallest absolute Gasteiger partial charge is 0.302 e. The summed E-state index contributed by atoms with van der Waals surface area (Å²) in [6.45, 7) is 5.83. The van der Waals surface area contributed by atoms with Gasteiger partial charge in [0.25, 0.3) is 0 Å². The summed E-state index contributed by atoms with van der Waals surface area (Å²) in [4.78, 5) is 9.82. The Labute approximate surface area is 77.4 Å². The van der Waals surface area contributed by atoms with Crippen LogP contribution in [-0.4, -0.2) is 17.9 Å². The molecule has 0 saturated heterocycles. The first-order valence-electron chi connectivity index (χ1n) is 3.88. The van der Waals surface area contributed by atoms with Crippen molar-refractivity contribution in [3.63, 3.8) is 0 Å². The molecule has 0 bridgehead atoms. The Morgan fingerprint density at radius 2 is 2.00 bits per heavy atom. The van der Waals surface area contributed by atoms with Gasteiger partial charge in [0.2, 0.25) is 0 Å². The molecule has 3 heteroatoms. The van der Waals surface area contributed by atoms with Crippen molar-refractivity contribution in [3.05, 3.63) is 0 Å². The number of halogens is 1. The van der Waals surface area contributed by atoms with E-state index in [1.165, 1.54) is 19.8 Å². The molecule has 0 aromatic carbocycles. The number of alkyl halides is 1. The van der Waals surface area contributed by atoms with Crippen LogP contribution in [0.15, 0.2) is 0 Å². The van der Waals surface area contributed by atoms with Gasteiger partial charge in [-0.05, 0) is 13.3 Å². The van der Waals surface area contributed by atoms with Crippen LogP contribution in [0, 0.1) is 0 Å². The number of ether oxygens (including phenoxy) is 1. The van der Waals surface area contributed by atoms with Crippen LogP contribution in [0.3, 0.4) is 0 Å². The van der Waals surface area contributed by atoms with Crippen molar-refractivity contribution in [1.29, 1.82) is 0 Å². The van der Waals surface area contributed by atoms with Crippen molar-refractivity contribution < 1.29 is 9.53 Å². The molecule has 68 valence electrons. The van der Waals surface area contributed by atoms with Gasteiger partial charge in [0.15, 0.2) is 0 Å². The van der Waals surface area contributed by atoms with Crippen LogP contribution in [0.1, 0.15) is 33.6 Å². The quantitative estimate of drug-likeness (QED) is 0.545. The summed E-state index contributed by atoms with van der Waals surface area (Å²) < 4.78 is 4.40. The van der Waals surface area contributed by atoms with Crippen molar-refractivity contribution in [3.8, 4) is 0 Å². The van der Waals surface area contributed by atoms with Crippen LogP contribution in [0.5, 0.6) is 0 Å². The van der Waals surface area contributed by atoms with E-state index in [0.717, 1.165) is 5.33 Å². The molecule has 0 aliphatic carbocycles. The Kier molecular flexibility index (Phi) is 15.5. The highest BCUT2D eigenvalue weighted by Crippen LogP contribution is 1.89. The number of carbonyl (C=O) groups excluding carboxylic acids is 1. The van der Waals surface area contributed by atoms with Crippen molar-refractivity contribution in [2.75, 3.05) is 11.9 Å². The monoisotopic (exact) mass is 224 g/mol. The second kappa shape index (κ2) is 12.6. The number of hydrogen-bond acceptors (Lipinski definition) is 2. The Hall–Kier alpha value is -0.0500. The lowest BCUT2D eigenvalue weighted by Gasteiger charge is -1.89. The van der Waals surface area contributed by atoms with Crippen LogP contribution >= 0.6 is 15.9 Å². The van der Waals surface area contributed by atoms with Gasteiger partial charge in [0.1, 0.15) is 0 Å². The number of carbonyl (C=O) groups is 1. The van der Waals surface area contributed by atoms with Gasteiger partial charge in [-0.25, -0.2) is 0 Å². The van der Waals surface area contributed by atoms with E-state index in [-0.39, 0.29) is 5.97 Å². The standard InChI is InChI=1S/C4H9Br.C4H8O2/c1-2-3-4-5;1-3-6-4(2)5/h2-4H2,1H3;3H2,1-2H3. The summed E-state index contributed by atoms with van der Waals surface area (Å²) in [5, 5.41) is 1.16. The highest BCUT2D eigenvalue weighted by atomic mass is 79.9. The first-order chi connectivity index (χ1) is 5.18. The first-order valence-corrected chi connectivity index (χ1v) is 5.00. The average Bonchev–Trinajstić information content (AvgIpc) is 1.90. The lowest BCUT2D eigenvalue weighted by atomic mass is 10.4. The van der Waals surface area contributed by atoms with Gasteiger partial charge in [-0.1, -0.05) is 29.3 Å². The third-order valence-corrected chi connectivity index (χ3v) is 1.40. The second-order valence-corrected chi connectivity index (χ2v) is 2.76. The topological polar surface area (TPSA) is 26.3 Å². The minimum absolute atomic E-state index is 0.211. The van der Waals surface area contributed by atoms with Crippen LogP contribution in [-0.2, 0) is 9.53 Å². The number of esters is 1. The summed E-state index contributed by atoms with van der Waals surface area (Å²) >= 11 is 3.31. The third kappa shape index (κ3) is 25.7. The molecule has 0 rings (SSSR count). The molecular weight excluding hydrogens is 208 g/mol. The molecule has 0 heterocycles. The van der Waals surface area contributed by atoms with E-state index in [1.807, 2.05) is 0 Å². The summed E-state index contributed by atoms with van der Waals surface area (Å²) in [6, 6.07) is 0. The molecule has 0 aromatic rings. The summed E-state index contributed by atoms with van der Waals surface area (Å²) in [6.07, 6.45) is 2.60. The molecule has 11 heavy (non-hydrogen) atoms. The molecule has 0 aliphatic rings. The van der Waals surface area contributed by atoms with Gasteiger partial charge in [0, 0.05) is 12.3 Å². The van der Waals surface area contributed by atoms with Crippen molar-refractivity contribution in [1.82, 2.24) is 0 Å². The van der Waals surface area contributed by atoms with E-state index in [9.17, 15) is 4.79 Å².